The monoisotopic (exact) mass is 249 g/mol. The van der Waals surface area contributed by atoms with E-state index in [2.05, 4.69) is 4.98 Å². The van der Waals surface area contributed by atoms with Crippen LogP contribution in [0.25, 0.3) is 0 Å². The van der Waals surface area contributed by atoms with E-state index in [1.54, 1.807) is 0 Å². The Kier molecular flexibility index (Phi) is 3.49. The van der Waals surface area contributed by atoms with Gasteiger partial charge in [0.05, 0.1) is 0 Å². The average Bonchev–Trinajstić information content (AvgIpc) is 2.77. The van der Waals surface area contributed by atoms with Crippen molar-refractivity contribution in [2.45, 2.75) is 17.9 Å². The molecule has 0 atom stereocenters. The lowest BCUT2D eigenvalue weighted by molar-refractivity contribution is 0.0690. The van der Waals surface area contributed by atoms with Crippen molar-refractivity contribution < 1.29 is 14.3 Å². The lowest BCUT2D eigenvalue weighted by Gasteiger charge is -2.02. The zero-order valence-electron chi connectivity index (χ0n) is 9.21. The summed E-state index contributed by atoms with van der Waals surface area (Å²) in [6, 6.07) is 8.02. The Morgan fingerprint density at radius 1 is 1.47 bits per heavy atom. The molecule has 0 saturated heterocycles. The van der Waals surface area contributed by atoms with Crippen LogP contribution >= 0.6 is 11.8 Å². The smallest absolute Gasteiger partial charge is 0.357 e. The van der Waals surface area contributed by atoms with Crippen LogP contribution in [0.3, 0.4) is 0 Å². The molecule has 0 bridgehead atoms. The van der Waals surface area contributed by atoms with E-state index >= 15 is 0 Å². The molecule has 0 saturated carbocycles. The van der Waals surface area contributed by atoms with Crippen LogP contribution in [-0.2, 0) is 5.75 Å². The molecule has 1 heterocycles. The van der Waals surface area contributed by atoms with Gasteiger partial charge in [-0.25, -0.2) is 4.79 Å². The SMILES string of the molecule is Cc1ccccc1CSc1nc(C(=O)O)co1. The van der Waals surface area contributed by atoms with Gasteiger partial charge in [-0.3, -0.25) is 0 Å². The van der Waals surface area contributed by atoms with Crippen LogP contribution in [0.4, 0.5) is 0 Å². The number of rotatable bonds is 4. The largest absolute Gasteiger partial charge is 0.476 e. The molecule has 2 rings (SSSR count). The van der Waals surface area contributed by atoms with Crippen molar-refractivity contribution >= 4 is 17.7 Å². The van der Waals surface area contributed by atoms with E-state index in [0.717, 1.165) is 6.26 Å². The molecular formula is C12H11NO3S. The van der Waals surface area contributed by atoms with E-state index in [4.69, 9.17) is 9.52 Å². The summed E-state index contributed by atoms with van der Waals surface area (Å²) in [6.07, 6.45) is 1.16. The number of aryl methyl sites for hydroxylation is 1. The molecule has 0 aliphatic rings. The number of carbonyl (C=O) groups is 1. The standard InChI is InChI=1S/C12H11NO3S/c1-8-4-2-3-5-9(8)7-17-12-13-10(6-16-12)11(14)15/h2-6H,7H2,1H3,(H,14,15). The number of hydrogen-bond donors (Lipinski definition) is 1. The molecule has 0 unspecified atom stereocenters. The Morgan fingerprint density at radius 3 is 2.88 bits per heavy atom. The molecule has 0 aliphatic carbocycles. The van der Waals surface area contributed by atoms with Crippen molar-refractivity contribution in [3.63, 3.8) is 0 Å². The first kappa shape index (κ1) is 11.7. The number of aromatic nitrogens is 1. The first-order valence-corrected chi connectivity index (χ1v) is 6.01. The molecule has 2 aromatic rings. The molecule has 0 radical (unpaired) electrons. The van der Waals surface area contributed by atoms with Crippen LogP contribution in [0, 0.1) is 6.92 Å². The molecule has 88 valence electrons. The maximum absolute atomic E-state index is 10.6. The molecule has 1 aromatic heterocycles. The fraction of sp³-hybridized carbons (Fsp3) is 0.167. The summed E-state index contributed by atoms with van der Waals surface area (Å²) in [6.45, 7) is 2.04. The molecule has 17 heavy (non-hydrogen) atoms. The summed E-state index contributed by atoms with van der Waals surface area (Å²) in [7, 11) is 0. The van der Waals surface area contributed by atoms with Crippen molar-refractivity contribution in [1.82, 2.24) is 4.98 Å². The van der Waals surface area contributed by atoms with Gasteiger partial charge in [0.15, 0.2) is 5.69 Å². The number of oxazole rings is 1. The highest BCUT2D eigenvalue weighted by Crippen LogP contribution is 2.23. The summed E-state index contributed by atoms with van der Waals surface area (Å²) in [5, 5.41) is 9.08. The Hall–Kier alpha value is -1.75. The summed E-state index contributed by atoms with van der Waals surface area (Å²) in [5.74, 6) is -0.358. The number of thioether (sulfide) groups is 1. The average molecular weight is 249 g/mol. The second-order valence-electron chi connectivity index (χ2n) is 3.52. The predicted molar refractivity (Wildman–Crippen MR) is 64.2 cm³/mol. The lowest BCUT2D eigenvalue weighted by Crippen LogP contribution is -1.95. The van der Waals surface area contributed by atoms with E-state index in [-0.39, 0.29) is 5.69 Å². The maximum atomic E-state index is 10.6. The van der Waals surface area contributed by atoms with Gasteiger partial charge in [0.2, 0.25) is 0 Å². The summed E-state index contributed by atoms with van der Waals surface area (Å²) in [5.41, 5.74) is 2.33. The van der Waals surface area contributed by atoms with E-state index < -0.39 is 5.97 Å². The van der Waals surface area contributed by atoms with Gasteiger partial charge in [-0.05, 0) is 18.1 Å². The number of carboxylic acids is 1. The van der Waals surface area contributed by atoms with Gasteiger partial charge in [0.25, 0.3) is 5.22 Å². The fourth-order valence-corrected chi connectivity index (χ4v) is 2.22. The van der Waals surface area contributed by atoms with Crippen molar-refractivity contribution in [3.8, 4) is 0 Å². The quantitative estimate of drug-likeness (QED) is 0.844. The van der Waals surface area contributed by atoms with E-state index in [9.17, 15) is 4.79 Å². The Labute approximate surface area is 103 Å². The van der Waals surface area contributed by atoms with Gasteiger partial charge >= 0.3 is 5.97 Å². The van der Waals surface area contributed by atoms with Crippen LogP contribution in [0.5, 0.6) is 0 Å². The van der Waals surface area contributed by atoms with Crippen molar-refractivity contribution in [1.29, 1.82) is 0 Å². The lowest BCUT2D eigenvalue weighted by atomic mass is 10.1. The zero-order chi connectivity index (χ0) is 12.3. The maximum Gasteiger partial charge on any atom is 0.357 e. The van der Waals surface area contributed by atoms with E-state index in [1.165, 1.54) is 22.9 Å². The first-order chi connectivity index (χ1) is 8.16. The normalized spacial score (nSPS) is 10.4. The third-order valence-corrected chi connectivity index (χ3v) is 3.20. The highest BCUT2D eigenvalue weighted by molar-refractivity contribution is 7.98. The number of hydrogen-bond acceptors (Lipinski definition) is 4. The van der Waals surface area contributed by atoms with Gasteiger partial charge in [0.1, 0.15) is 6.26 Å². The molecule has 1 N–H and O–H groups in total. The van der Waals surface area contributed by atoms with Crippen molar-refractivity contribution in [2.75, 3.05) is 0 Å². The minimum Gasteiger partial charge on any atom is -0.476 e. The van der Waals surface area contributed by atoms with Crippen LogP contribution < -0.4 is 0 Å². The van der Waals surface area contributed by atoms with E-state index in [1.807, 2.05) is 31.2 Å². The van der Waals surface area contributed by atoms with Gasteiger partial charge < -0.3 is 9.52 Å². The highest BCUT2D eigenvalue weighted by atomic mass is 32.2. The summed E-state index contributed by atoms with van der Waals surface area (Å²) in [4.78, 5) is 14.5. The number of carboxylic acid groups (broad SMARTS) is 1. The van der Waals surface area contributed by atoms with Crippen LogP contribution in [0.15, 0.2) is 40.2 Å². The third-order valence-electron chi connectivity index (χ3n) is 2.31. The molecule has 0 spiro atoms. The Balaban J connectivity index is 2.02. The molecule has 4 nitrogen and oxygen atoms in total. The van der Waals surface area contributed by atoms with Gasteiger partial charge in [-0.1, -0.05) is 36.0 Å². The minimum atomic E-state index is -1.07. The minimum absolute atomic E-state index is 0.0581. The predicted octanol–water partition coefficient (Wildman–Crippen LogP) is 2.97. The van der Waals surface area contributed by atoms with Crippen LogP contribution in [0.1, 0.15) is 21.6 Å². The molecule has 0 fully saturated rings. The molecule has 0 aliphatic heterocycles. The first-order valence-electron chi connectivity index (χ1n) is 5.03. The van der Waals surface area contributed by atoms with Crippen molar-refractivity contribution in [2.24, 2.45) is 0 Å². The Morgan fingerprint density at radius 2 is 2.24 bits per heavy atom. The molecular weight excluding hydrogens is 238 g/mol. The molecule has 0 amide bonds. The van der Waals surface area contributed by atoms with Gasteiger partial charge in [0, 0.05) is 5.75 Å². The van der Waals surface area contributed by atoms with Crippen molar-refractivity contribution in [3.05, 3.63) is 47.3 Å². The second-order valence-corrected chi connectivity index (χ2v) is 4.45. The second kappa shape index (κ2) is 5.05. The fourth-order valence-electron chi connectivity index (χ4n) is 1.33. The van der Waals surface area contributed by atoms with Crippen LogP contribution in [-0.4, -0.2) is 16.1 Å². The van der Waals surface area contributed by atoms with Crippen LogP contribution in [0.2, 0.25) is 0 Å². The molecule has 5 heteroatoms. The molecule has 1 aromatic carbocycles. The zero-order valence-corrected chi connectivity index (χ0v) is 10.0. The highest BCUT2D eigenvalue weighted by Gasteiger charge is 2.10. The van der Waals surface area contributed by atoms with Gasteiger partial charge in [-0.15, -0.1) is 0 Å². The Bertz CT molecular complexity index is 536. The third kappa shape index (κ3) is 2.88. The summed E-state index contributed by atoms with van der Waals surface area (Å²) < 4.78 is 5.06. The van der Waals surface area contributed by atoms with E-state index in [0.29, 0.717) is 11.0 Å². The number of aromatic carboxylic acids is 1. The topological polar surface area (TPSA) is 63.3 Å². The number of benzene rings is 1. The van der Waals surface area contributed by atoms with Gasteiger partial charge in [-0.2, -0.15) is 4.98 Å². The number of nitrogens with zero attached hydrogens (tertiary/aromatic N) is 1. The summed E-state index contributed by atoms with van der Waals surface area (Å²) >= 11 is 1.38.